The van der Waals surface area contributed by atoms with E-state index < -0.39 is 12.1 Å². The lowest BCUT2D eigenvalue weighted by Gasteiger charge is -2.51. The van der Waals surface area contributed by atoms with E-state index in [0.717, 1.165) is 42.5 Å². The minimum Gasteiger partial charge on any atom is -0.344 e. The van der Waals surface area contributed by atoms with Gasteiger partial charge in [-0.05, 0) is 48.2 Å². The van der Waals surface area contributed by atoms with Crippen molar-refractivity contribution in [3.05, 3.63) is 101 Å². The number of carbonyl (C=O) groups is 3. The summed E-state index contributed by atoms with van der Waals surface area (Å²) in [6.45, 7) is 4.82. The van der Waals surface area contributed by atoms with Crippen molar-refractivity contribution in [2.45, 2.75) is 69.5 Å². The summed E-state index contributed by atoms with van der Waals surface area (Å²) in [5.41, 5.74) is 8.92. The summed E-state index contributed by atoms with van der Waals surface area (Å²) in [6.07, 6.45) is 5.93. The zero-order valence-electron chi connectivity index (χ0n) is 26.7. The lowest BCUT2D eigenvalue weighted by atomic mass is 9.79. The zero-order valence-corrected chi connectivity index (χ0v) is 27.5. The van der Waals surface area contributed by atoms with E-state index in [2.05, 4.69) is 10.2 Å². The standard InChI is InChI=1S/C37H46ClN5O3/c1-28(44)43(32-13-7-3-8-14-32)27-37(19-9-4-10-20-37)42-23-21-41(22-24-42)36(46)34(25-29-15-17-31(38)18-16-29)40-35(45)26-33(39)30-11-5-2-6-12-30/h2-3,5-8,11-18,33-34H,4,9-10,19-27,39H2,1H3,(H,40,45). The molecule has 9 heteroatoms. The average molecular weight is 644 g/mol. The maximum absolute atomic E-state index is 14.1. The van der Waals surface area contributed by atoms with Gasteiger partial charge in [0.05, 0.1) is 0 Å². The fourth-order valence-corrected chi connectivity index (χ4v) is 7.15. The molecule has 3 amide bonds. The van der Waals surface area contributed by atoms with Gasteiger partial charge >= 0.3 is 0 Å². The van der Waals surface area contributed by atoms with Crippen LogP contribution >= 0.6 is 11.6 Å². The van der Waals surface area contributed by atoms with Gasteiger partial charge in [0.1, 0.15) is 6.04 Å². The fourth-order valence-electron chi connectivity index (χ4n) is 7.02. The number of amides is 3. The van der Waals surface area contributed by atoms with E-state index >= 15 is 0 Å². The van der Waals surface area contributed by atoms with Crippen LogP contribution in [0.5, 0.6) is 0 Å². The molecular weight excluding hydrogens is 598 g/mol. The van der Waals surface area contributed by atoms with Gasteiger partial charge in [0.2, 0.25) is 17.7 Å². The minimum atomic E-state index is -0.724. The van der Waals surface area contributed by atoms with E-state index in [1.807, 2.05) is 82.6 Å². The van der Waals surface area contributed by atoms with Crippen LogP contribution in [0.1, 0.15) is 62.6 Å². The van der Waals surface area contributed by atoms with Crippen LogP contribution in [0, 0.1) is 0 Å². The molecule has 1 heterocycles. The van der Waals surface area contributed by atoms with Gasteiger partial charge in [0.25, 0.3) is 0 Å². The highest BCUT2D eigenvalue weighted by molar-refractivity contribution is 6.30. The molecule has 5 rings (SSSR count). The second kappa shape index (κ2) is 15.7. The molecular formula is C37H46ClN5O3. The van der Waals surface area contributed by atoms with Gasteiger partial charge in [-0.25, -0.2) is 0 Å². The van der Waals surface area contributed by atoms with Crippen molar-refractivity contribution in [1.29, 1.82) is 0 Å². The van der Waals surface area contributed by atoms with Gasteiger partial charge in [-0.1, -0.05) is 91.5 Å². The number of nitrogens with two attached hydrogens (primary N) is 1. The normalized spacial score (nSPS) is 17.9. The number of anilines is 1. The molecule has 3 aromatic rings. The van der Waals surface area contributed by atoms with Gasteiger partial charge in [-0.2, -0.15) is 0 Å². The highest BCUT2D eigenvalue weighted by Gasteiger charge is 2.42. The Morgan fingerprint density at radius 2 is 1.48 bits per heavy atom. The van der Waals surface area contributed by atoms with Crippen LogP contribution in [0.3, 0.4) is 0 Å². The van der Waals surface area contributed by atoms with E-state index in [1.165, 1.54) is 6.42 Å². The molecule has 3 N–H and O–H groups in total. The van der Waals surface area contributed by atoms with Gasteiger partial charge in [0, 0.05) is 74.8 Å². The molecule has 1 aliphatic heterocycles. The summed E-state index contributed by atoms with van der Waals surface area (Å²) in [7, 11) is 0. The monoisotopic (exact) mass is 643 g/mol. The van der Waals surface area contributed by atoms with E-state index in [-0.39, 0.29) is 29.7 Å². The lowest BCUT2D eigenvalue weighted by molar-refractivity contribution is -0.139. The highest BCUT2D eigenvalue weighted by atomic mass is 35.5. The van der Waals surface area contributed by atoms with Crippen molar-refractivity contribution in [1.82, 2.24) is 15.1 Å². The second-order valence-electron chi connectivity index (χ2n) is 12.7. The maximum Gasteiger partial charge on any atom is 0.245 e. The quantitative estimate of drug-likeness (QED) is 0.293. The Kier molecular flexibility index (Phi) is 11.5. The second-order valence-corrected chi connectivity index (χ2v) is 13.1. The predicted octanol–water partition coefficient (Wildman–Crippen LogP) is 5.36. The number of piperazine rings is 1. The third kappa shape index (κ3) is 8.55. The largest absolute Gasteiger partial charge is 0.344 e. The molecule has 46 heavy (non-hydrogen) atoms. The summed E-state index contributed by atoms with van der Waals surface area (Å²) in [5, 5.41) is 3.63. The molecule has 1 saturated heterocycles. The fraction of sp³-hybridized carbons (Fsp3) is 0.432. The molecule has 2 fully saturated rings. The molecule has 3 aromatic carbocycles. The smallest absolute Gasteiger partial charge is 0.245 e. The summed E-state index contributed by atoms with van der Waals surface area (Å²) in [6, 6.07) is 25.6. The number of para-hydroxylation sites is 1. The van der Waals surface area contributed by atoms with Crippen molar-refractivity contribution in [3.8, 4) is 0 Å². The SMILES string of the molecule is CC(=O)N(CC1(N2CCN(C(=O)C(Cc3ccc(Cl)cc3)NC(=O)CC(N)c3ccccc3)CC2)CCCCC1)c1ccccc1. The van der Waals surface area contributed by atoms with E-state index in [9.17, 15) is 14.4 Å². The summed E-state index contributed by atoms with van der Waals surface area (Å²) >= 11 is 6.12. The Morgan fingerprint density at radius 1 is 0.870 bits per heavy atom. The predicted molar refractivity (Wildman–Crippen MR) is 184 cm³/mol. The highest BCUT2D eigenvalue weighted by Crippen LogP contribution is 2.36. The topological polar surface area (TPSA) is 99.0 Å². The molecule has 1 aliphatic carbocycles. The summed E-state index contributed by atoms with van der Waals surface area (Å²) < 4.78 is 0. The number of halogens is 1. The third-order valence-corrected chi connectivity index (χ3v) is 9.82. The van der Waals surface area contributed by atoms with Crippen molar-refractivity contribution in [2.75, 3.05) is 37.6 Å². The Morgan fingerprint density at radius 3 is 2.09 bits per heavy atom. The number of rotatable bonds is 11. The average Bonchev–Trinajstić information content (AvgIpc) is 3.08. The van der Waals surface area contributed by atoms with Crippen molar-refractivity contribution in [3.63, 3.8) is 0 Å². The molecule has 0 radical (unpaired) electrons. The molecule has 8 nitrogen and oxygen atoms in total. The van der Waals surface area contributed by atoms with Gasteiger partial charge in [0.15, 0.2) is 0 Å². The van der Waals surface area contributed by atoms with E-state index in [4.69, 9.17) is 17.3 Å². The summed E-state index contributed by atoms with van der Waals surface area (Å²) in [5.74, 6) is -0.310. The van der Waals surface area contributed by atoms with E-state index in [1.54, 1.807) is 19.1 Å². The van der Waals surface area contributed by atoms with Crippen LogP contribution in [0.4, 0.5) is 5.69 Å². The molecule has 0 bridgehead atoms. The van der Waals surface area contributed by atoms with Crippen LogP contribution in [-0.4, -0.2) is 71.8 Å². The van der Waals surface area contributed by atoms with Crippen LogP contribution < -0.4 is 16.0 Å². The number of benzene rings is 3. The van der Waals surface area contributed by atoms with Crippen molar-refractivity contribution >= 4 is 35.0 Å². The lowest BCUT2D eigenvalue weighted by Crippen LogP contribution is -2.64. The first-order valence-corrected chi connectivity index (χ1v) is 16.8. The van der Waals surface area contributed by atoms with Crippen LogP contribution in [-0.2, 0) is 20.8 Å². The Hall–Kier alpha value is -3.72. The number of hydrogen-bond acceptors (Lipinski definition) is 5. The van der Waals surface area contributed by atoms with Gasteiger partial charge in [-0.3, -0.25) is 19.3 Å². The number of carbonyl (C=O) groups excluding carboxylic acids is 3. The molecule has 2 unspecified atom stereocenters. The number of nitrogens with zero attached hydrogens (tertiary/aromatic N) is 3. The van der Waals surface area contributed by atoms with Crippen LogP contribution in [0.2, 0.25) is 5.02 Å². The first kappa shape index (κ1) is 33.6. The van der Waals surface area contributed by atoms with Gasteiger partial charge in [-0.15, -0.1) is 0 Å². The first-order valence-electron chi connectivity index (χ1n) is 16.5. The Labute approximate surface area is 277 Å². The van der Waals surface area contributed by atoms with E-state index in [0.29, 0.717) is 44.2 Å². The number of hydrogen-bond donors (Lipinski definition) is 2. The summed E-state index contributed by atoms with van der Waals surface area (Å²) in [4.78, 5) is 46.5. The number of nitrogens with one attached hydrogen (secondary N) is 1. The van der Waals surface area contributed by atoms with Crippen molar-refractivity contribution in [2.24, 2.45) is 5.73 Å². The minimum absolute atomic E-state index is 0.0396. The van der Waals surface area contributed by atoms with Crippen LogP contribution in [0.15, 0.2) is 84.9 Å². The molecule has 0 aromatic heterocycles. The first-order chi connectivity index (χ1) is 22.2. The zero-order chi connectivity index (χ0) is 32.5. The molecule has 0 spiro atoms. The van der Waals surface area contributed by atoms with Gasteiger partial charge < -0.3 is 20.9 Å². The van der Waals surface area contributed by atoms with Crippen LogP contribution in [0.25, 0.3) is 0 Å². The molecule has 244 valence electrons. The Balaban J connectivity index is 1.28. The molecule has 2 atom stereocenters. The molecule has 2 aliphatic rings. The molecule has 1 saturated carbocycles. The Bertz CT molecular complexity index is 1440. The van der Waals surface area contributed by atoms with Crippen molar-refractivity contribution < 1.29 is 14.4 Å². The third-order valence-electron chi connectivity index (χ3n) is 9.57. The maximum atomic E-state index is 14.1.